The lowest BCUT2D eigenvalue weighted by Gasteiger charge is -2.23. The molecule has 2 aliphatic heterocycles. The Labute approximate surface area is 110 Å². The number of non-ortho nitro benzene ring substituents is 1. The van der Waals surface area contributed by atoms with Gasteiger partial charge in [-0.15, -0.1) is 0 Å². The number of rotatable bonds is 2. The molecule has 2 saturated heterocycles. The van der Waals surface area contributed by atoms with Crippen LogP contribution in [0.25, 0.3) is 0 Å². The molecular formula is C13H15N3O3. The van der Waals surface area contributed by atoms with Gasteiger partial charge in [0, 0.05) is 43.4 Å². The Bertz CT molecular complexity index is 532. The Morgan fingerprint density at radius 1 is 1.42 bits per heavy atom. The minimum absolute atomic E-state index is 0.0360. The molecule has 6 nitrogen and oxygen atoms in total. The van der Waals surface area contributed by atoms with E-state index >= 15 is 0 Å². The van der Waals surface area contributed by atoms with Crippen LogP contribution in [0, 0.1) is 16.0 Å². The molecule has 0 aromatic heterocycles. The average Bonchev–Trinajstić information content (AvgIpc) is 3.00. The summed E-state index contributed by atoms with van der Waals surface area (Å²) in [5.74, 6) is 0.433. The van der Waals surface area contributed by atoms with E-state index in [0.29, 0.717) is 11.5 Å². The van der Waals surface area contributed by atoms with E-state index in [0.717, 1.165) is 26.1 Å². The van der Waals surface area contributed by atoms with E-state index < -0.39 is 4.92 Å². The Morgan fingerprint density at radius 3 is 3.05 bits per heavy atom. The van der Waals surface area contributed by atoms with Crippen molar-refractivity contribution < 1.29 is 9.72 Å². The predicted octanol–water partition coefficient (Wildman–Crippen LogP) is 1.03. The van der Waals surface area contributed by atoms with Gasteiger partial charge in [-0.2, -0.15) is 0 Å². The van der Waals surface area contributed by atoms with Gasteiger partial charge in [-0.25, -0.2) is 0 Å². The maximum atomic E-state index is 12.4. The number of nitro benzene ring substituents is 1. The number of benzene rings is 1. The van der Waals surface area contributed by atoms with Crippen LogP contribution in [0.4, 0.5) is 5.69 Å². The van der Waals surface area contributed by atoms with Gasteiger partial charge in [0.2, 0.25) is 0 Å². The van der Waals surface area contributed by atoms with Crippen LogP contribution in [0.3, 0.4) is 0 Å². The Kier molecular flexibility index (Phi) is 2.94. The molecule has 2 fully saturated rings. The molecule has 0 aliphatic carbocycles. The van der Waals surface area contributed by atoms with Gasteiger partial charge in [0.05, 0.1) is 4.92 Å². The van der Waals surface area contributed by atoms with Crippen molar-refractivity contribution in [3.8, 4) is 0 Å². The summed E-state index contributed by atoms with van der Waals surface area (Å²) in [5, 5.41) is 14.0. The molecule has 0 spiro atoms. The molecule has 1 N–H and O–H groups in total. The van der Waals surface area contributed by atoms with Gasteiger partial charge < -0.3 is 10.2 Å². The number of nitro groups is 1. The van der Waals surface area contributed by atoms with Gasteiger partial charge in [0.1, 0.15) is 0 Å². The summed E-state index contributed by atoms with van der Waals surface area (Å²) in [5.41, 5.74) is 0.368. The number of nitrogens with one attached hydrogen (secondary N) is 1. The molecule has 1 aromatic carbocycles. The lowest BCUT2D eigenvalue weighted by atomic mass is 10.0. The number of hydrogen-bond acceptors (Lipinski definition) is 4. The Morgan fingerprint density at radius 2 is 2.26 bits per heavy atom. The number of carbonyl (C=O) groups excluding carboxylic acids is 1. The molecule has 2 aliphatic rings. The molecule has 19 heavy (non-hydrogen) atoms. The fraction of sp³-hybridized carbons (Fsp3) is 0.462. The van der Waals surface area contributed by atoms with Crippen molar-refractivity contribution in [1.29, 1.82) is 0 Å². The highest BCUT2D eigenvalue weighted by atomic mass is 16.6. The first kappa shape index (κ1) is 12.1. The van der Waals surface area contributed by atoms with E-state index in [1.165, 1.54) is 12.1 Å². The van der Waals surface area contributed by atoms with E-state index in [1.54, 1.807) is 12.1 Å². The zero-order chi connectivity index (χ0) is 13.4. The predicted molar refractivity (Wildman–Crippen MR) is 68.9 cm³/mol. The van der Waals surface area contributed by atoms with Crippen LogP contribution < -0.4 is 5.32 Å². The smallest absolute Gasteiger partial charge is 0.270 e. The summed E-state index contributed by atoms with van der Waals surface area (Å²) in [6, 6.07) is 6.21. The molecule has 2 heterocycles. The number of hydrogen-bond donors (Lipinski definition) is 1. The Balaban J connectivity index is 1.84. The van der Waals surface area contributed by atoms with Crippen molar-refractivity contribution in [2.75, 3.05) is 19.6 Å². The summed E-state index contributed by atoms with van der Waals surface area (Å²) < 4.78 is 0. The highest BCUT2D eigenvalue weighted by Crippen LogP contribution is 2.29. The van der Waals surface area contributed by atoms with Gasteiger partial charge in [0.15, 0.2) is 0 Å². The lowest BCUT2D eigenvalue weighted by molar-refractivity contribution is -0.384. The second-order valence-electron chi connectivity index (χ2n) is 5.08. The third-order valence-electron chi connectivity index (χ3n) is 4.01. The number of amides is 1. The number of fused-ring (bicyclic) bond motifs is 1. The zero-order valence-electron chi connectivity index (χ0n) is 10.4. The molecule has 3 rings (SSSR count). The molecule has 0 radical (unpaired) electrons. The molecule has 100 valence electrons. The normalized spacial score (nSPS) is 25.4. The average molecular weight is 261 g/mol. The van der Waals surface area contributed by atoms with E-state index in [1.807, 2.05) is 4.90 Å². The van der Waals surface area contributed by atoms with Gasteiger partial charge in [0.25, 0.3) is 11.6 Å². The van der Waals surface area contributed by atoms with Crippen molar-refractivity contribution in [2.45, 2.75) is 12.5 Å². The first-order chi connectivity index (χ1) is 9.16. The van der Waals surface area contributed by atoms with E-state index in [4.69, 9.17) is 0 Å². The quantitative estimate of drug-likeness (QED) is 0.637. The number of carbonyl (C=O) groups is 1. The highest BCUT2D eigenvalue weighted by Gasteiger charge is 2.40. The minimum Gasteiger partial charge on any atom is -0.334 e. The summed E-state index contributed by atoms with van der Waals surface area (Å²) in [6.45, 7) is 2.53. The van der Waals surface area contributed by atoms with Crippen LogP contribution in [-0.4, -0.2) is 41.4 Å². The van der Waals surface area contributed by atoms with Crippen molar-refractivity contribution in [3.05, 3.63) is 39.9 Å². The minimum atomic E-state index is -0.472. The monoisotopic (exact) mass is 261 g/mol. The van der Waals surface area contributed by atoms with Crippen LogP contribution in [0.2, 0.25) is 0 Å². The van der Waals surface area contributed by atoms with Gasteiger partial charge in [-0.05, 0) is 18.4 Å². The fourth-order valence-corrected chi connectivity index (χ4v) is 3.02. The van der Waals surface area contributed by atoms with Gasteiger partial charge >= 0.3 is 0 Å². The maximum absolute atomic E-state index is 12.4. The second kappa shape index (κ2) is 4.62. The number of nitrogens with zero attached hydrogens (tertiary/aromatic N) is 2. The topological polar surface area (TPSA) is 75.5 Å². The highest BCUT2D eigenvalue weighted by molar-refractivity contribution is 5.95. The zero-order valence-corrected chi connectivity index (χ0v) is 10.4. The fourth-order valence-electron chi connectivity index (χ4n) is 3.02. The van der Waals surface area contributed by atoms with E-state index in [2.05, 4.69) is 5.32 Å². The van der Waals surface area contributed by atoms with Crippen molar-refractivity contribution >= 4 is 11.6 Å². The molecule has 0 bridgehead atoms. The van der Waals surface area contributed by atoms with Crippen molar-refractivity contribution in [3.63, 3.8) is 0 Å². The van der Waals surface area contributed by atoms with Crippen molar-refractivity contribution in [2.24, 2.45) is 5.92 Å². The van der Waals surface area contributed by atoms with Crippen LogP contribution >= 0.6 is 0 Å². The summed E-state index contributed by atoms with van der Waals surface area (Å²) in [7, 11) is 0. The SMILES string of the molecule is O=C(c1cccc([N+](=O)[O-])c1)N1CC[C@H]2CNC[C@H]21. The summed E-state index contributed by atoms with van der Waals surface area (Å²) >= 11 is 0. The largest absolute Gasteiger partial charge is 0.334 e. The van der Waals surface area contributed by atoms with Crippen molar-refractivity contribution in [1.82, 2.24) is 10.2 Å². The number of likely N-dealkylation sites (tertiary alicyclic amines) is 1. The molecule has 0 unspecified atom stereocenters. The Hall–Kier alpha value is -1.95. The second-order valence-corrected chi connectivity index (χ2v) is 5.08. The van der Waals surface area contributed by atoms with Crippen LogP contribution in [0.15, 0.2) is 24.3 Å². The molecule has 0 saturated carbocycles. The molecule has 2 atom stereocenters. The molecule has 1 amide bonds. The maximum Gasteiger partial charge on any atom is 0.270 e. The van der Waals surface area contributed by atoms with Crippen LogP contribution in [0.1, 0.15) is 16.8 Å². The van der Waals surface area contributed by atoms with E-state index in [9.17, 15) is 14.9 Å². The first-order valence-corrected chi connectivity index (χ1v) is 6.43. The lowest BCUT2D eigenvalue weighted by Crippen LogP contribution is -2.39. The summed E-state index contributed by atoms with van der Waals surface area (Å²) in [4.78, 5) is 24.6. The van der Waals surface area contributed by atoms with Gasteiger partial charge in [-0.1, -0.05) is 6.07 Å². The van der Waals surface area contributed by atoms with Crippen LogP contribution in [-0.2, 0) is 0 Å². The summed E-state index contributed by atoms with van der Waals surface area (Å²) in [6.07, 6.45) is 1.01. The van der Waals surface area contributed by atoms with E-state index in [-0.39, 0.29) is 17.6 Å². The third kappa shape index (κ3) is 2.08. The standard InChI is InChI=1S/C13H15N3O3/c17-13(9-2-1-3-11(6-9)16(18)19)15-5-4-10-7-14-8-12(10)15/h1-3,6,10,12,14H,4-5,7-8H2/t10-,12+/m0/s1. The molecule has 6 heteroatoms. The molecular weight excluding hydrogens is 246 g/mol. The first-order valence-electron chi connectivity index (χ1n) is 6.43. The molecule has 1 aromatic rings. The third-order valence-corrected chi connectivity index (χ3v) is 4.01. The van der Waals surface area contributed by atoms with Gasteiger partial charge in [-0.3, -0.25) is 14.9 Å². The van der Waals surface area contributed by atoms with Crippen LogP contribution in [0.5, 0.6) is 0 Å².